The van der Waals surface area contributed by atoms with Gasteiger partial charge in [-0.3, -0.25) is 0 Å². The summed E-state index contributed by atoms with van der Waals surface area (Å²) < 4.78 is 65.7. The van der Waals surface area contributed by atoms with Crippen molar-refractivity contribution < 1.29 is 26.3 Å². The molecule has 4 nitrogen and oxygen atoms in total. The molecule has 0 radical (unpaired) electrons. The molecule has 1 aromatic rings. The van der Waals surface area contributed by atoms with Gasteiger partial charge in [0.25, 0.3) is 0 Å². The maximum Gasteiger partial charge on any atom is 0.416 e. The fraction of sp³-hybridized carbons (Fsp3) is 0.250. The van der Waals surface area contributed by atoms with E-state index in [1.165, 1.54) is 19.1 Å². The summed E-state index contributed by atoms with van der Waals surface area (Å²) >= 11 is 0. The van der Waals surface area contributed by atoms with Crippen LogP contribution in [0.4, 0.5) is 13.2 Å². The molecule has 0 bridgehead atoms. The number of benzene rings is 1. The average Bonchev–Trinajstić information content (AvgIpc) is 2.58. The van der Waals surface area contributed by atoms with Gasteiger partial charge in [-0.25, -0.2) is 13.4 Å². The smallest absolute Gasteiger partial charge is 0.416 e. The van der Waals surface area contributed by atoms with Crippen LogP contribution in [0.2, 0.25) is 0 Å². The minimum absolute atomic E-state index is 0.0673. The number of ether oxygens (including phenoxy) is 1. The van der Waals surface area contributed by atoms with E-state index >= 15 is 0 Å². The van der Waals surface area contributed by atoms with Crippen molar-refractivity contribution in [1.82, 2.24) is 0 Å². The molecule has 0 fully saturated rings. The molecule has 0 amide bonds. The van der Waals surface area contributed by atoms with Gasteiger partial charge in [-0.15, -0.1) is 0 Å². The maximum absolute atomic E-state index is 12.5. The molecule has 0 spiro atoms. The monoisotopic (exact) mass is 305 g/mol. The lowest BCUT2D eigenvalue weighted by Gasteiger charge is -2.10. The van der Waals surface area contributed by atoms with Gasteiger partial charge in [0.2, 0.25) is 9.84 Å². The predicted molar refractivity (Wildman–Crippen MR) is 67.1 cm³/mol. The molecule has 0 unspecified atom stereocenters. The number of nitrogens with zero attached hydrogens (tertiary/aromatic N) is 1. The van der Waals surface area contributed by atoms with Crippen LogP contribution in [-0.2, 0) is 16.0 Å². The normalized spacial score (nSPS) is 17.6. The van der Waals surface area contributed by atoms with Crippen LogP contribution in [0.5, 0.6) is 5.75 Å². The van der Waals surface area contributed by atoms with E-state index in [2.05, 4.69) is 4.99 Å². The molecule has 108 valence electrons. The zero-order chi connectivity index (χ0) is 15.0. The van der Waals surface area contributed by atoms with Crippen LogP contribution in [0.3, 0.4) is 0 Å². The minimum atomic E-state index is -4.48. The maximum atomic E-state index is 12.5. The zero-order valence-corrected chi connectivity index (χ0v) is 11.1. The third-order valence-electron chi connectivity index (χ3n) is 2.48. The predicted octanol–water partition coefficient (Wildman–Crippen LogP) is 2.77. The van der Waals surface area contributed by atoms with Gasteiger partial charge in [-0.1, -0.05) is 6.07 Å². The molecule has 2 rings (SSSR count). The highest BCUT2D eigenvalue weighted by atomic mass is 32.2. The van der Waals surface area contributed by atoms with E-state index in [0.717, 1.165) is 17.5 Å². The number of halogens is 3. The molecule has 20 heavy (non-hydrogen) atoms. The number of hydrogen-bond acceptors (Lipinski definition) is 4. The lowest BCUT2D eigenvalue weighted by Crippen LogP contribution is -2.18. The van der Waals surface area contributed by atoms with E-state index in [4.69, 9.17) is 4.74 Å². The molecule has 1 heterocycles. The highest BCUT2D eigenvalue weighted by Crippen LogP contribution is 2.31. The number of alkyl halides is 3. The number of rotatable bonds is 3. The Labute approximate surface area is 113 Å². The number of hydrogen-bond donors (Lipinski definition) is 0. The quantitative estimate of drug-likeness (QED) is 0.863. The molecule has 8 heteroatoms. The summed E-state index contributed by atoms with van der Waals surface area (Å²) in [6, 6.07) is 4.22. The SMILES string of the molecule is CC1=CS(=O)(=O)C(COc2cccc(C(F)(F)F)c2)=N1. The Bertz CT molecular complexity index is 690. The Morgan fingerprint density at radius 3 is 2.55 bits per heavy atom. The zero-order valence-electron chi connectivity index (χ0n) is 10.3. The van der Waals surface area contributed by atoms with E-state index in [0.29, 0.717) is 5.70 Å². The highest BCUT2D eigenvalue weighted by Gasteiger charge is 2.31. The van der Waals surface area contributed by atoms with Gasteiger partial charge in [-0.2, -0.15) is 13.2 Å². The van der Waals surface area contributed by atoms with Crippen molar-refractivity contribution in [3.63, 3.8) is 0 Å². The standard InChI is InChI=1S/C12H10F3NO3S/c1-8-7-20(17,18)11(16-8)6-19-10-4-2-3-9(5-10)12(13,14)15/h2-5,7H,6H2,1H3. The second-order valence-corrected chi connectivity index (χ2v) is 5.92. The molecule has 1 aliphatic rings. The van der Waals surface area contributed by atoms with Crippen LogP contribution in [-0.4, -0.2) is 20.1 Å². The van der Waals surface area contributed by atoms with Gasteiger partial charge >= 0.3 is 6.18 Å². The van der Waals surface area contributed by atoms with E-state index in [-0.39, 0.29) is 10.8 Å². The molecular weight excluding hydrogens is 295 g/mol. The van der Waals surface area contributed by atoms with Gasteiger partial charge < -0.3 is 4.74 Å². The van der Waals surface area contributed by atoms with Crippen molar-refractivity contribution in [1.29, 1.82) is 0 Å². The van der Waals surface area contributed by atoms with Gasteiger partial charge in [0.15, 0.2) is 5.04 Å². The van der Waals surface area contributed by atoms with Gasteiger partial charge in [0.1, 0.15) is 12.4 Å². The van der Waals surface area contributed by atoms with Crippen LogP contribution in [0.1, 0.15) is 12.5 Å². The van der Waals surface area contributed by atoms with E-state index < -0.39 is 28.2 Å². The molecule has 0 N–H and O–H groups in total. The van der Waals surface area contributed by atoms with Crippen LogP contribution < -0.4 is 4.74 Å². The van der Waals surface area contributed by atoms with E-state index in [1.807, 2.05) is 0 Å². The third-order valence-corrected chi connectivity index (χ3v) is 4.00. The lowest BCUT2D eigenvalue weighted by atomic mass is 10.2. The largest absolute Gasteiger partial charge is 0.487 e. The number of sulfone groups is 1. The van der Waals surface area contributed by atoms with Crippen molar-refractivity contribution in [2.75, 3.05) is 6.61 Å². The average molecular weight is 305 g/mol. The first-order valence-electron chi connectivity index (χ1n) is 5.49. The Kier molecular flexibility index (Phi) is 3.59. The second-order valence-electron chi connectivity index (χ2n) is 4.12. The topological polar surface area (TPSA) is 55.7 Å². The molecule has 0 saturated carbocycles. The van der Waals surface area contributed by atoms with Crippen molar-refractivity contribution in [3.8, 4) is 5.75 Å². The summed E-state index contributed by atoms with van der Waals surface area (Å²) in [4.78, 5) is 3.77. The Morgan fingerprint density at radius 2 is 2.00 bits per heavy atom. The molecule has 0 aliphatic carbocycles. The van der Waals surface area contributed by atoms with Crippen molar-refractivity contribution in [2.45, 2.75) is 13.1 Å². The third kappa shape index (κ3) is 3.19. The summed E-state index contributed by atoms with van der Waals surface area (Å²) in [7, 11) is -3.60. The summed E-state index contributed by atoms with van der Waals surface area (Å²) in [5, 5.41) is 0.769. The molecule has 0 saturated heterocycles. The highest BCUT2D eigenvalue weighted by molar-refractivity contribution is 8.09. The van der Waals surface area contributed by atoms with E-state index in [9.17, 15) is 21.6 Å². The fourth-order valence-electron chi connectivity index (χ4n) is 1.60. The summed E-state index contributed by atoms with van der Waals surface area (Å²) in [6.07, 6.45) is -4.48. The van der Waals surface area contributed by atoms with Crippen LogP contribution in [0.25, 0.3) is 0 Å². The van der Waals surface area contributed by atoms with E-state index in [1.54, 1.807) is 0 Å². The molecule has 0 atom stereocenters. The first kappa shape index (κ1) is 14.6. The fourth-order valence-corrected chi connectivity index (χ4v) is 2.73. The van der Waals surface area contributed by atoms with Gasteiger partial charge in [-0.05, 0) is 25.1 Å². The molecule has 1 aromatic carbocycles. The van der Waals surface area contributed by atoms with Crippen molar-refractivity contribution in [3.05, 3.63) is 40.9 Å². The summed E-state index contributed by atoms with van der Waals surface area (Å²) in [5.74, 6) is -0.0673. The van der Waals surface area contributed by atoms with Crippen LogP contribution in [0, 0.1) is 0 Å². The molecule has 1 aliphatic heterocycles. The Balaban J connectivity index is 2.12. The van der Waals surface area contributed by atoms with Crippen LogP contribution in [0.15, 0.2) is 40.4 Å². The number of aliphatic imine (C=N–C) groups is 1. The van der Waals surface area contributed by atoms with Gasteiger partial charge in [0, 0.05) is 0 Å². The summed E-state index contributed by atoms with van der Waals surface area (Å²) in [6.45, 7) is 1.10. The van der Waals surface area contributed by atoms with Crippen LogP contribution >= 0.6 is 0 Å². The van der Waals surface area contributed by atoms with Crippen molar-refractivity contribution >= 4 is 14.9 Å². The minimum Gasteiger partial charge on any atom is -0.487 e. The lowest BCUT2D eigenvalue weighted by molar-refractivity contribution is -0.137. The first-order chi connectivity index (χ1) is 9.18. The number of allylic oxidation sites excluding steroid dienone is 1. The Hall–Kier alpha value is -1.83. The van der Waals surface area contributed by atoms with Crippen molar-refractivity contribution in [2.24, 2.45) is 4.99 Å². The second kappa shape index (κ2) is 4.93. The first-order valence-corrected chi connectivity index (χ1v) is 7.04. The molecule has 0 aromatic heterocycles. The Morgan fingerprint density at radius 1 is 1.30 bits per heavy atom. The summed E-state index contributed by atoms with van der Waals surface area (Å²) in [5.41, 5.74) is -0.548. The molecular formula is C12H10F3NO3S. The van der Waals surface area contributed by atoms with Gasteiger partial charge in [0.05, 0.1) is 16.7 Å².